The zero-order chi connectivity index (χ0) is 22.1. The molecule has 2 aliphatic rings. The highest BCUT2D eigenvalue weighted by Gasteiger charge is 2.29. The van der Waals surface area contributed by atoms with Crippen molar-refractivity contribution < 1.29 is 14.3 Å². The van der Waals surface area contributed by atoms with E-state index in [0.29, 0.717) is 30.6 Å². The largest absolute Gasteiger partial charge is 0.454 e. The number of para-hydroxylation sites is 1. The molecular formula is C26H23ClN2O3. The monoisotopic (exact) mass is 446 g/mol. The van der Waals surface area contributed by atoms with Crippen LogP contribution in [-0.2, 0) is 11.2 Å². The smallest absolute Gasteiger partial charge is 0.339 e. The standard InChI is InChI=1S/C26H23ClN2O3/c27-22-8-4-5-9-23(22)28-12-14-29(15-13-28)25(30)19-10-11-21-20(16-19)17-24(32-26(21)31)18-6-2-1-3-7-18/h1-11,16,24H,12-15,17H2/t24-/m0/s1. The number of amides is 1. The van der Waals surface area contributed by atoms with Crippen molar-refractivity contribution in [2.75, 3.05) is 31.1 Å². The Kier molecular flexibility index (Phi) is 5.58. The third-order valence-electron chi connectivity index (χ3n) is 6.16. The normalized spacial score (nSPS) is 18.2. The Bertz CT molecular complexity index is 1160. The molecule has 0 spiro atoms. The van der Waals surface area contributed by atoms with Gasteiger partial charge in [0.05, 0.1) is 16.3 Å². The Hall–Kier alpha value is -3.31. The van der Waals surface area contributed by atoms with Gasteiger partial charge < -0.3 is 14.5 Å². The Morgan fingerprint density at radius 3 is 2.38 bits per heavy atom. The number of carbonyl (C=O) groups excluding carboxylic acids is 2. The SMILES string of the molecule is O=C1O[C@H](c2ccccc2)Cc2cc(C(=O)N3CCN(c4ccccc4Cl)CC3)ccc21. The highest BCUT2D eigenvalue weighted by atomic mass is 35.5. The maximum Gasteiger partial charge on any atom is 0.339 e. The van der Waals surface area contributed by atoms with Crippen LogP contribution in [0.4, 0.5) is 5.69 Å². The van der Waals surface area contributed by atoms with Gasteiger partial charge in [-0.1, -0.05) is 54.1 Å². The number of nitrogens with zero attached hydrogens (tertiary/aromatic N) is 2. The summed E-state index contributed by atoms with van der Waals surface area (Å²) in [6, 6.07) is 22.8. The molecule has 1 amide bonds. The lowest BCUT2D eigenvalue weighted by Crippen LogP contribution is -2.48. The predicted molar refractivity (Wildman–Crippen MR) is 124 cm³/mol. The van der Waals surface area contributed by atoms with Crippen LogP contribution in [0.15, 0.2) is 72.8 Å². The molecule has 0 aromatic heterocycles. The first kappa shape index (κ1) is 20.6. The van der Waals surface area contributed by atoms with Gasteiger partial charge in [0.15, 0.2) is 0 Å². The number of rotatable bonds is 3. The van der Waals surface area contributed by atoms with Crippen molar-refractivity contribution >= 4 is 29.2 Å². The number of hydrogen-bond donors (Lipinski definition) is 0. The number of ether oxygens (including phenoxy) is 1. The number of benzene rings is 3. The number of hydrogen-bond acceptors (Lipinski definition) is 4. The second-order valence-corrected chi connectivity index (χ2v) is 8.52. The number of fused-ring (bicyclic) bond motifs is 1. The maximum atomic E-state index is 13.2. The van der Waals surface area contributed by atoms with E-state index in [9.17, 15) is 9.59 Å². The van der Waals surface area contributed by atoms with Gasteiger partial charge in [0.25, 0.3) is 5.91 Å². The van der Waals surface area contributed by atoms with Gasteiger partial charge in [0, 0.05) is 38.2 Å². The third kappa shape index (κ3) is 3.96. The molecule has 3 aromatic rings. The van der Waals surface area contributed by atoms with Gasteiger partial charge in [0.2, 0.25) is 0 Å². The minimum absolute atomic E-state index is 0.0122. The highest BCUT2D eigenvalue weighted by Crippen LogP contribution is 2.31. The molecule has 6 heteroatoms. The van der Waals surface area contributed by atoms with Crippen LogP contribution >= 0.6 is 11.6 Å². The predicted octanol–water partition coefficient (Wildman–Crippen LogP) is 4.76. The van der Waals surface area contributed by atoms with Crippen molar-refractivity contribution in [2.24, 2.45) is 0 Å². The third-order valence-corrected chi connectivity index (χ3v) is 6.48. The lowest BCUT2D eigenvalue weighted by Gasteiger charge is -2.36. The molecule has 162 valence electrons. The first-order valence-corrected chi connectivity index (χ1v) is 11.2. The molecule has 0 saturated carbocycles. The molecule has 2 aliphatic heterocycles. The van der Waals surface area contributed by atoms with Crippen LogP contribution in [0, 0.1) is 0 Å². The van der Waals surface area contributed by atoms with Crippen molar-refractivity contribution in [2.45, 2.75) is 12.5 Å². The summed E-state index contributed by atoms with van der Waals surface area (Å²) in [4.78, 5) is 29.8. The summed E-state index contributed by atoms with van der Waals surface area (Å²) < 4.78 is 5.63. The van der Waals surface area contributed by atoms with E-state index in [-0.39, 0.29) is 18.0 Å². The summed E-state index contributed by atoms with van der Waals surface area (Å²) in [6.45, 7) is 2.69. The first-order valence-electron chi connectivity index (χ1n) is 10.8. The van der Waals surface area contributed by atoms with Crippen molar-refractivity contribution in [3.05, 3.63) is 100 Å². The van der Waals surface area contributed by atoms with Crippen LogP contribution in [0.2, 0.25) is 5.02 Å². The lowest BCUT2D eigenvalue weighted by molar-refractivity contribution is 0.0252. The van der Waals surface area contributed by atoms with Gasteiger partial charge in [0.1, 0.15) is 6.10 Å². The zero-order valence-electron chi connectivity index (χ0n) is 17.5. The van der Waals surface area contributed by atoms with Crippen LogP contribution in [0.3, 0.4) is 0 Å². The van der Waals surface area contributed by atoms with E-state index < -0.39 is 0 Å². The van der Waals surface area contributed by atoms with Crippen LogP contribution in [0.25, 0.3) is 0 Å². The molecule has 0 aliphatic carbocycles. The topological polar surface area (TPSA) is 49.9 Å². The van der Waals surface area contributed by atoms with E-state index in [1.54, 1.807) is 12.1 Å². The maximum absolute atomic E-state index is 13.2. The summed E-state index contributed by atoms with van der Waals surface area (Å²) in [6.07, 6.45) is 0.229. The molecule has 1 atom stereocenters. The van der Waals surface area contributed by atoms with Crippen LogP contribution in [-0.4, -0.2) is 43.0 Å². The number of cyclic esters (lactones) is 1. The quantitative estimate of drug-likeness (QED) is 0.544. The van der Waals surface area contributed by atoms with Crippen molar-refractivity contribution in [1.29, 1.82) is 0 Å². The summed E-state index contributed by atoms with van der Waals surface area (Å²) in [5, 5.41) is 0.724. The van der Waals surface area contributed by atoms with Gasteiger partial charge in [-0.05, 0) is 41.5 Å². The molecule has 0 bridgehead atoms. The van der Waals surface area contributed by atoms with E-state index in [1.165, 1.54) is 0 Å². The van der Waals surface area contributed by atoms with Crippen molar-refractivity contribution in [1.82, 2.24) is 4.90 Å². The van der Waals surface area contributed by atoms with E-state index in [4.69, 9.17) is 16.3 Å². The van der Waals surface area contributed by atoms with Gasteiger partial charge in [-0.25, -0.2) is 4.79 Å². The summed E-state index contributed by atoms with van der Waals surface area (Å²) in [7, 11) is 0. The number of piperazine rings is 1. The summed E-state index contributed by atoms with van der Waals surface area (Å²) in [5.74, 6) is -0.353. The van der Waals surface area contributed by atoms with Crippen LogP contribution in [0.1, 0.15) is 37.9 Å². The summed E-state index contributed by atoms with van der Waals surface area (Å²) >= 11 is 6.33. The minimum atomic E-state index is -0.340. The first-order chi connectivity index (χ1) is 15.6. The lowest BCUT2D eigenvalue weighted by atomic mass is 9.93. The van der Waals surface area contributed by atoms with E-state index in [1.807, 2.05) is 65.6 Å². The van der Waals surface area contributed by atoms with Crippen LogP contribution < -0.4 is 4.90 Å². The Morgan fingerprint density at radius 1 is 0.906 bits per heavy atom. The fourth-order valence-electron chi connectivity index (χ4n) is 4.42. The summed E-state index contributed by atoms with van der Waals surface area (Å²) in [5.41, 5.74) is 3.96. The number of halogens is 1. The molecule has 3 aromatic carbocycles. The number of esters is 1. The number of anilines is 1. The Labute approximate surface area is 192 Å². The van der Waals surface area contributed by atoms with Gasteiger partial charge in [-0.2, -0.15) is 0 Å². The molecule has 0 N–H and O–H groups in total. The number of carbonyl (C=O) groups is 2. The molecule has 5 nitrogen and oxygen atoms in total. The molecule has 0 radical (unpaired) electrons. The molecule has 2 heterocycles. The average Bonchev–Trinajstić information content (AvgIpc) is 2.84. The molecule has 1 fully saturated rings. The highest BCUT2D eigenvalue weighted by molar-refractivity contribution is 6.33. The molecule has 0 unspecified atom stereocenters. The zero-order valence-corrected chi connectivity index (χ0v) is 18.3. The molecule has 1 saturated heterocycles. The fourth-order valence-corrected chi connectivity index (χ4v) is 4.68. The fraction of sp³-hybridized carbons (Fsp3) is 0.231. The van der Waals surface area contributed by atoms with E-state index >= 15 is 0 Å². The van der Waals surface area contributed by atoms with Crippen LogP contribution in [0.5, 0.6) is 0 Å². The van der Waals surface area contributed by atoms with Gasteiger partial charge in [-0.15, -0.1) is 0 Å². The van der Waals surface area contributed by atoms with Crippen molar-refractivity contribution in [3.8, 4) is 0 Å². The Morgan fingerprint density at radius 2 is 1.62 bits per heavy atom. The average molecular weight is 447 g/mol. The molecule has 32 heavy (non-hydrogen) atoms. The van der Waals surface area contributed by atoms with E-state index in [2.05, 4.69) is 4.90 Å². The molecule has 5 rings (SSSR count). The minimum Gasteiger partial charge on any atom is -0.454 e. The molecular weight excluding hydrogens is 424 g/mol. The second-order valence-electron chi connectivity index (χ2n) is 8.11. The second kappa shape index (κ2) is 8.67. The van der Waals surface area contributed by atoms with Gasteiger partial charge >= 0.3 is 5.97 Å². The van der Waals surface area contributed by atoms with Gasteiger partial charge in [-0.3, -0.25) is 4.79 Å². The Balaban J connectivity index is 1.31. The van der Waals surface area contributed by atoms with E-state index in [0.717, 1.165) is 34.9 Å². The van der Waals surface area contributed by atoms with Crippen molar-refractivity contribution in [3.63, 3.8) is 0 Å².